The summed E-state index contributed by atoms with van der Waals surface area (Å²) in [7, 11) is 0. The van der Waals surface area contributed by atoms with Crippen LogP contribution in [-0.4, -0.2) is 4.98 Å². The molecule has 0 fully saturated rings. The highest BCUT2D eigenvalue weighted by molar-refractivity contribution is 5.57. The van der Waals surface area contributed by atoms with Crippen LogP contribution in [-0.2, 0) is 12.4 Å². The molecule has 2 nitrogen and oxygen atoms in total. The maximum absolute atomic E-state index is 13.6. The van der Waals surface area contributed by atoms with Crippen LogP contribution in [0.4, 0.5) is 32.2 Å². The lowest BCUT2D eigenvalue weighted by Crippen LogP contribution is -2.16. The van der Waals surface area contributed by atoms with E-state index in [1.807, 2.05) is 25.1 Å². The third kappa shape index (κ3) is 5.87. The third-order valence-corrected chi connectivity index (χ3v) is 5.32. The van der Waals surface area contributed by atoms with Crippen molar-refractivity contribution >= 4 is 11.9 Å². The minimum atomic E-state index is -4.55. The van der Waals surface area contributed by atoms with Crippen LogP contribution in [0.2, 0.25) is 0 Å². The molecule has 34 heavy (non-hydrogen) atoms. The van der Waals surface area contributed by atoms with Crippen molar-refractivity contribution in [2.45, 2.75) is 32.2 Å². The van der Waals surface area contributed by atoms with Gasteiger partial charge in [0.2, 0.25) is 0 Å². The number of halogens is 6. The molecular weight excluding hydrogens is 454 g/mol. The van der Waals surface area contributed by atoms with Crippen LogP contribution < -0.4 is 5.32 Å². The fourth-order valence-corrected chi connectivity index (χ4v) is 3.52. The van der Waals surface area contributed by atoms with E-state index in [9.17, 15) is 26.3 Å². The largest absolute Gasteiger partial charge is 0.417 e. The summed E-state index contributed by atoms with van der Waals surface area (Å²) in [5.41, 5.74) is 1.07. The zero-order valence-corrected chi connectivity index (χ0v) is 18.4. The molecule has 1 aromatic heterocycles. The lowest BCUT2D eigenvalue weighted by Gasteiger charge is -2.23. The van der Waals surface area contributed by atoms with Crippen LogP contribution in [0.15, 0.2) is 73.5 Å². The summed E-state index contributed by atoms with van der Waals surface area (Å²) in [6.45, 7) is 6.86. The number of pyridine rings is 1. The first-order valence-electron chi connectivity index (χ1n) is 10.3. The second kappa shape index (κ2) is 9.75. The van der Waals surface area contributed by atoms with E-state index in [2.05, 4.69) is 16.9 Å². The van der Waals surface area contributed by atoms with Crippen LogP contribution in [0, 0.1) is 13.8 Å². The second-order valence-corrected chi connectivity index (χ2v) is 7.79. The Morgan fingerprint density at radius 2 is 1.53 bits per heavy atom. The van der Waals surface area contributed by atoms with Gasteiger partial charge >= 0.3 is 12.4 Å². The SMILES string of the molecule is C=C/C=C\c1ccc(C(Nc2ccc(C(F)(F)F)cn2)c2ccc(C)c(C(F)(F)F)c2)cc1C. The molecule has 0 spiro atoms. The monoisotopic (exact) mass is 476 g/mol. The van der Waals surface area contributed by atoms with Crippen LogP contribution in [0.1, 0.15) is 45.0 Å². The first-order valence-corrected chi connectivity index (χ1v) is 10.3. The van der Waals surface area contributed by atoms with Crippen molar-refractivity contribution in [3.05, 3.63) is 112 Å². The summed E-state index contributed by atoms with van der Waals surface area (Å²) in [5.74, 6) is 0.0976. The van der Waals surface area contributed by atoms with Crippen molar-refractivity contribution in [3.63, 3.8) is 0 Å². The molecule has 1 heterocycles. The maximum Gasteiger partial charge on any atom is 0.417 e. The number of nitrogens with one attached hydrogen (secondary N) is 1. The predicted molar refractivity (Wildman–Crippen MR) is 121 cm³/mol. The molecule has 178 valence electrons. The molecule has 1 atom stereocenters. The van der Waals surface area contributed by atoms with Gasteiger partial charge in [0.1, 0.15) is 5.82 Å². The summed E-state index contributed by atoms with van der Waals surface area (Å²) >= 11 is 0. The van der Waals surface area contributed by atoms with Crippen molar-refractivity contribution in [2.24, 2.45) is 0 Å². The highest BCUT2D eigenvalue weighted by Gasteiger charge is 2.33. The average molecular weight is 476 g/mol. The maximum atomic E-state index is 13.6. The second-order valence-electron chi connectivity index (χ2n) is 7.79. The quantitative estimate of drug-likeness (QED) is 0.287. The lowest BCUT2D eigenvalue weighted by atomic mass is 9.92. The van der Waals surface area contributed by atoms with Crippen LogP contribution >= 0.6 is 0 Å². The Balaban J connectivity index is 2.08. The molecule has 1 N–H and O–H groups in total. The summed E-state index contributed by atoms with van der Waals surface area (Å²) in [4.78, 5) is 3.83. The highest BCUT2D eigenvalue weighted by Crippen LogP contribution is 2.36. The first kappa shape index (κ1) is 25.1. The van der Waals surface area contributed by atoms with Gasteiger partial charge < -0.3 is 5.32 Å². The van der Waals surface area contributed by atoms with Gasteiger partial charge in [0.15, 0.2) is 0 Å². The number of anilines is 1. The fraction of sp³-hybridized carbons (Fsp3) is 0.192. The van der Waals surface area contributed by atoms with Gasteiger partial charge in [-0.2, -0.15) is 26.3 Å². The van der Waals surface area contributed by atoms with Crippen molar-refractivity contribution in [2.75, 3.05) is 5.32 Å². The fourth-order valence-electron chi connectivity index (χ4n) is 3.52. The standard InChI is InChI=1S/C26H22F6N2/c1-4-5-6-18-9-10-19(13-17(18)3)24(20-8-7-16(2)22(14-20)26(30,31)32)34-23-12-11-21(15-33-23)25(27,28)29/h4-15,24H,1H2,2-3H3,(H,33,34)/b6-5-. The highest BCUT2D eigenvalue weighted by atomic mass is 19.4. The number of alkyl halides is 6. The minimum Gasteiger partial charge on any atom is -0.359 e. The van der Waals surface area contributed by atoms with E-state index in [4.69, 9.17) is 0 Å². The molecule has 0 aliphatic heterocycles. The van der Waals surface area contributed by atoms with E-state index < -0.39 is 29.5 Å². The normalized spacial score (nSPS) is 13.2. The molecule has 0 aliphatic carbocycles. The van der Waals surface area contributed by atoms with E-state index in [1.165, 1.54) is 13.0 Å². The van der Waals surface area contributed by atoms with Gasteiger partial charge in [-0.3, -0.25) is 0 Å². The Morgan fingerprint density at radius 3 is 2.09 bits per heavy atom. The Morgan fingerprint density at radius 1 is 0.853 bits per heavy atom. The number of rotatable bonds is 6. The Bertz CT molecular complexity index is 1190. The van der Waals surface area contributed by atoms with Crippen molar-refractivity contribution in [1.82, 2.24) is 4.98 Å². The molecule has 0 amide bonds. The number of hydrogen-bond donors (Lipinski definition) is 1. The Labute approximate surface area is 193 Å². The molecule has 0 bridgehead atoms. The molecule has 3 aromatic rings. The molecule has 2 aromatic carbocycles. The van der Waals surface area contributed by atoms with Gasteiger partial charge in [-0.05, 0) is 59.9 Å². The van der Waals surface area contributed by atoms with Gasteiger partial charge in [-0.25, -0.2) is 4.98 Å². The number of aryl methyl sites for hydroxylation is 2. The van der Waals surface area contributed by atoms with Gasteiger partial charge in [0, 0.05) is 6.20 Å². The van der Waals surface area contributed by atoms with Crippen LogP contribution in [0.25, 0.3) is 6.08 Å². The number of nitrogens with zero attached hydrogens (tertiary/aromatic N) is 1. The Hall–Kier alpha value is -3.55. The molecule has 0 aliphatic rings. The van der Waals surface area contributed by atoms with Crippen molar-refractivity contribution < 1.29 is 26.3 Å². The number of hydrogen-bond acceptors (Lipinski definition) is 2. The zero-order valence-electron chi connectivity index (χ0n) is 18.4. The van der Waals surface area contributed by atoms with Crippen LogP contribution in [0.5, 0.6) is 0 Å². The third-order valence-electron chi connectivity index (χ3n) is 5.32. The first-order chi connectivity index (χ1) is 15.9. The molecule has 0 radical (unpaired) electrons. The summed E-state index contributed by atoms with van der Waals surface area (Å²) < 4.78 is 79.4. The summed E-state index contributed by atoms with van der Waals surface area (Å²) in [5, 5.41) is 3.00. The van der Waals surface area contributed by atoms with Gasteiger partial charge in [0.25, 0.3) is 0 Å². The predicted octanol–water partition coefficient (Wildman–Crippen LogP) is 8.14. The summed E-state index contributed by atoms with van der Waals surface area (Å²) in [6, 6.07) is 10.6. The minimum absolute atomic E-state index is 0.0729. The van der Waals surface area contributed by atoms with Crippen molar-refractivity contribution in [1.29, 1.82) is 0 Å². The van der Waals surface area contributed by atoms with E-state index in [1.54, 1.807) is 24.3 Å². The van der Waals surface area contributed by atoms with E-state index in [-0.39, 0.29) is 11.4 Å². The van der Waals surface area contributed by atoms with E-state index in [0.29, 0.717) is 17.3 Å². The van der Waals surface area contributed by atoms with Crippen LogP contribution in [0.3, 0.4) is 0 Å². The summed E-state index contributed by atoms with van der Waals surface area (Å²) in [6.07, 6.45) is -3.18. The lowest BCUT2D eigenvalue weighted by molar-refractivity contribution is -0.138. The van der Waals surface area contributed by atoms with Crippen molar-refractivity contribution in [3.8, 4) is 0 Å². The van der Waals surface area contributed by atoms with Gasteiger partial charge in [0.05, 0.1) is 17.2 Å². The number of allylic oxidation sites excluding steroid dienone is 2. The molecule has 0 saturated carbocycles. The zero-order chi connectivity index (χ0) is 25.1. The topological polar surface area (TPSA) is 24.9 Å². The average Bonchev–Trinajstić information content (AvgIpc) is 2.76. The van der Waals surface area contributed by atoms with E-state index in [0.717, 1.165) is 29.3 Å². The van der Waals surface area contributed by atoms with Gasteiger partial charge in [-0.15, -0.1) is 0 Å². The molecular formula is C26H22F6N2. The Kier molecular flexibility index (Phi) is 7.19. The molecule has 3 rings (SSSR count). The van der Waals surface area contributed by atoms with Gasteiger partial charge in [-0.1, -0.05) is 55.1 Å². The molecule has 1 unspecified atom stereocenters. The molecule has 8 heteroatoms. The van der Waals surface area contributed by atoms with E-state index >= 15 is 0 Å². The molecule has 0 saturated heterocycles. The smallest absolute Gasteiger partial charge is 0.359 e. The number of aromatic nitrogens is 1. The number of benzene rings is 2.